The van der Waals surface area contributed by atoms with Crippen molar-refractivity contribution in [1.29, 1.82) is 0 Å². The van der Waals surface area contributed by atoms with E-state index in [1.807, 2.05) is 0 Å². The number of unbranched alkanes of at least 4 members (excludes halogenated alkanes) is 26. The normalized spacial score (nSPS) is 17.4. The van der Waals surface area contributed by atoms with Crippen LogP contribution in [-0.4, -0.2) is 42.7 Å². The van der Waals surface area contributed by atoms with Gasteiger partial charge in [0.1, 0.15) is 0 Å². The van der Waals surface area contributed by atoms with Crippen LogP contribution in [0.1, 0.15) is 194 Å². The smallest absolute Gasteiger partial charge is 0.0958 e. The second-order valence-corrected chi connectivity index (χ2v) is 13.7. The lowest BCUT2D eigenvalue weighted by atomic mass is 10.0. The molecule has 0 aromatic heterocycles. The molecular weight excluding hydrogens is 581 g/mol. The Morgan fingerprint density at radius 1 is 0.381 bits per heavy atom. The van der Waals surface area contributed by atoms with E-state index in [2.05, 4.69) is 13.8 Å². The molecule has 0 aliphatic carbocycles. The first-order valence-corrected chi connectivity index (χ1v) is 18.5. The maximum absolute atomic E-state index is 6.41. The van der Waals surface area contributed by atoms with Crippen LogP contribution in [0.15, 0.2) is 0 Å². The lowest BCUT2D eigenvalue weighted by Crippen LogP contribution is -3.00. The summed E-state index contributed by atoms with van der Waals surface area (Å²) in [5, 5.41) is 0. The van der Waals surface area contributed by atoms with E-state index in [1.54, 1.807) is 0 Å². The zero-order valence-electron chi connectivity index (χ0n) is 28.6. The Hall–Kier alpha value is 0.750. The van der Waals surface area contributed by atoms with E-state index in [4.69, 9.17) is 11.5 Å². The molecule has 4 N–H and O–H groups in total. The minimum absolute atomic E-state index is 0. The zero-order valence-corrected chi connectivity index (χ0v) is 31.0. The van der Waals surface area contributed by atoms with Gasteiger partial charge in [0.15, 0.2) is 0 Å². The van der Waals surface area contributed by atoms with Gasteiger partial charge in [0.25, 0.3) is 0 Å². The van der Waals surface area contributed by atoms with Crippen LogP contribution in [0.25, 0.3) is 0 Å². The molecule has 1 fully saturated rings. The standard InChI is InChI=1S/C36H76N3.3ClH/c1-3-5-7-9-11-13-15-17-19-21-23-25-27-29-31-39(33-35(37)36(38)34-39)32-30-28-26-24-22-20-18-16-14-12-10-8-6-4-2;;;/h35-36H,3-34,37-38H2,1-2H3;3*1H/q+1;;;/p-1/t35-,36-;;;/m0.../s1. The summed E-state index contributed by atoms with van der Waals surface area (Å²) in [6.45, 7) is 9.49. The number of likely N-dealkylation sites (tertiary alicyclic amines) is 1. The van der Waals surface area contributed by atoms with Gasteiger partial charge in [-0.2, -0.15) is 0 Å². The van der Waals surface area contributed by atoms with Crippen LogP contribution < -0.4 is 23.9 Å². The van der Waals surface area contributed by atoms with Crippen LogP contribution in [0.4, 0.5) is 0 Å². The minimum atomic E-state index is 0. The fourth-order valence-electron chi connectivity index (χ4n) is 7.00. The number of halogens is 3. The molecule has 0 bridgehead atoms. The minimum Gasteiger partial charge on any atom is -1.00 e. The van der Waals surface area contributed by atoms with Crippen molar-refractivity contribution in [2.75, 3.05) is 26.2 Å². The number of quaternary nitrogens is 1. The van der Waals surface area contributed by atoms with Gasteiger partial charge in [0.2, 0.25) is 0 Å². The SMILES string of the molecule is CCCCCCCCCCCCCCCC[N+]1(CCCCCCCCCCCCCCCC)C[C@H](N)[C@@H](N)C1.Cl.Cl.[Cl-]. The Balaban J connectivity index is -0.00000507. The molecule has 258 valence electrons. The monoisotopic (exact) mass is 658 g/mol. The van der Waals surface area contributed by atoms with Gasteiger partial charge >= 0.3 is 0 Å². The summed E-state index contributed by atoms with van der Waals surface area (Å²) in [7, 11) is 0. The van der Waals surface area contributed by atoms with Gasteiger partial charge < -0.3 is 28.4 Å². The van der Waals surface area contributed by atoms with Crippen molar-refractivity contribution in [3.63, 3.8) is 0 Å². The third kappa shape index (κ3) is 27.1. The second-order valence-electron chi connectivity index (χ2n) is 13.7. The van der Waals surface area contributed by atoms with Gasteiger partial charge in [-0.25, -0.2) is 0 Å². The Bertz CT molecular complexity index is 465. The van der Waals surface area contributed by atoms with Crippen molar-refractivity contribution in [2.45, 2.75) is 206 Å². The van der Waals surface area contributed by atoms with E-state index in [0.717, 1.165) is 13.1 Å². The highest BCUT2D eigenvalue weighted by Crippen LogP contribution is 2.23. The average Bonchev–Trinajstić information content (AvgIpc) is 3.21. The summed E-state index contributed by atoms with van der Waals surface area (Å²) >= 11 is 0. The van der Waals surface area contributed by atoms with Crippen LogP contribution in [0.3, 0.4) is 0 Å². The third-order valence-electron chi connectivity index (χ3n) is 9.72. The highest BCUT2D eigenvalue weighted by Gasteiger charge is 2.40. The number of hydrogen-bond acceptors (Lipinski definition) is 2. The molecule has 0 aromatic carbocycles. The molecule has 1 aliphatic rings. The zero-order chi connectivity index (χ0) is 28.3. The molecule has 1 rings (SSSR count). The fourth-order valence-corrected chi connectivity index (χ4v) is 7.00. The van der Waals surface area contributed by atoms with Crippen LogP contribution in [0.5, 0.6) is 0 Å². The quantitative estimate of drug-likeness (QED) is 0.0603. The average molecular weight is 659 g/mol. The highest BCUT2D eigenvalue weighted by atomic mass is 35.5. The molecule has 2 atom stereocenters. The van der Waals surface area contributed by atoms with E-state index in [1.165, 1.54) is 197 Å². The topological polar surface area (TPSA) is 52.0 Å². The number of rotatable bonds is 30. The van der Waals surface area contributed by atoms with Crippen LogP contribution in [0, 0.1) is 0 Å². The molecule has 1 heterocycles. The van der Waals surface area contributed by atoms with Crippen LogP contribution >= 0.6 is 24.8 Å². The van der Waals surface area contributed by atoms with E-state index in [9.17, 15) is 0 Å². The summed E-state index contributed by atoms with van der Waals surface area (Å²) in [6, 6.07) is 0.423. The summed E-state index contributed by atoms with van der Waals surface area (Å²) in [4.78, 5) is 0. The van der Waals surface area contributed by atoms with Gasteiger partial charge in [-0.05, 0) is 25.7 Å². The summed E-state index contributed by atoms with van der Waals surface area (Å²) in [5.74, 6) is 0. The lowest BCUT2D eigenvalue weighted by Gasteiger charge is -2.35. The molecular formula is C36H78Cl3N3. The molecule has 0 amide bonds. The fraction of sp³-hybridized carbons (Fsp3) is 1.00. The summed E-state index contributed by atoms with van der Waals surface area (Å²) in [6.07, 6.45) is 40.2. The third-order valence-corrected chi connectivity index (χ3v) is 9.72. The Morgan fingerprint density at radius 3 is 0.786 bits per heavy atom. The van der Waals surface area contributed by atoms with Crippen molar-refractivity contribution in [1.82, 2.24) is 0 Å². The number of hydrogen-bond donors (Lipinski definition) is 2. The Labute approximate surface area is 284 Å². The summed E-state index contributed by atoms with van der Waals surface area (Å²) in [5.41, 5.74) is 12.8. The first-order chi connectivity index (χ1) is 19.1. The number of nitrogens with two attached hydrogens (primary N) is 2. The van der Waals surface area contributed by atoms with Crippen molar-refractivity contribution in [3.8, 4) is 0 Å². The molecule has 0 spiro atoms. The summed E-state index contributed by atoms with van der Waals surface area (Å²) < 4.78 is 1.22. The first-order valence-electron chi connectivity index (χ1n) is 18.5. The molecule has 1 saturated heterocycles. The van der Waals surface area contributed by atoms with Crippen LogP contribution in [0.2, 0.25) is 0 Å². The first kappa shape index (κ1) is 47.2. The molecule has 0 aromatic rings. The van der Waals surface area contributed by atoms with E-state index >= 15 is 0 Å². The molecule has 0 radical (unpaired) electrons. The van der Waals surface area contributed by atoms with Crippen molar-refractivity contribution in [3.05, 3.63) is 0 Å². The van der Waals surface area contributed by atoms with E-state index in [0.29, 0.717) is 0 Å². The maximum atomic E-state index is 6.41. The Morgan fingerprint density at radius 2 is 0.571 bits per heavy atom. The van der Waals surface area contributed by atoms with Gasteiger partial charge in [-0.3, -0.25) is 0 Å². The van der Waals surface area contributed by atoms with Crippen molar-refractivity contribution in [2.24, 2.45) is 11.5 Å². The van der Waals surface area contributed by atoms with Gasteiger partial charge in [0, 0.05) is 0 Å². The molecule has 42 heavy (non-hydrogen) atoms. The predicted octanol–water partition coefficient (Wildman–Crippen LogP) is 8.28. The number of nitrogens with zero attached hydrogens (tertiary/aromatic N) is 1. The van der Waals surface area contributed by atoms with Gasteiger partial charge in [-0.15, -0.1) is 24.8 Å². The van der Waals surface area contributed by atoms with Crippen molar-refractivity contribution >= 4 is 24.8 Å². The highest BCUT2D eigenvalue weighted by molar-refractivity contribution is 5.85. The molecule has 3 nitrogen and oxygen atoms in total. The van der Waals surface area contributed by atoms with Crippen molar-refractivity contribution < 1.29 is 16.9 Å². The molecule has 1 aliphatic heterocycles. The molecule has 0 unspecified atom stereocenters. The van der Waals surface area contributed by atoms with Gasteiger partial charge in [-0.1, -0.05) is 168 Å². The van der Waals surface area contributed by atoms with E-state index < -0.39 is 0 Å². The van der Waals surface area contributed by atoms with E-state index in [-0.39, 0.29) is 49.3 Å². The molecule has 0 saturated carbocycles. The van der Waals surface area contributed by atoms with Crippen LogP contribution in [-0.2, 0) is 0 Å². The second kappa shape index (κ2) is 34.6. The lowest BCUT2D eigenvalue weighted by molar-refractivity contribution is -0.917. The largest absolute Gasteiger partial charge is 1.00 e. The predicted molar refractivity (Wildman–Crippen MR) is 191 cm³/mol. The Kier molecular flexibility index (Phi) is 38.9. The molecule has 6 heteroatoms. The van der Waals surface area contributed by atoms with Gasteiger partial charge in [0.05, 0.1) is 38.3 Å². The maximum Gasteiger partial charge on any atom is 0.0958 e.